The van der Waals surface area contributed by atoms with Gasteiger partial charge in [0.05, 0.1) is 36.4 Å². The van der Waals surface area contributed by atoms with E-state index in [9.17, 15) is 15.0 Å². The minimum absolute atomic E-state index is 0.105. The van der Waals surface area contributed by atoms with E-state index in [1.807, 2.05) is 13.8 Å². The number of carboxylic acids is 1. The Morgan fingerprint density at radius 3 is 2.50 bits per heavy atom. The molecule has 5 heteroatoms. The number of hydrogen-bond donors (Lipinski definition) is 2. The first-order valence-corrected chi connectivity index (χ1v) is 10.5. The molecule has 3 aliphatic rings. The van der Waals surface area contributed by atoms with E-state index < -0.39 is 17.6 Å². The molecule has 2 aliphatic heterocycles. The zero-order valence-electron chi connectivity index (χ0n) is 17.0. The Morgan fingerprint density at radius 2 is 1.92 bits per heavy atom. The number of carbonyl (C=O) groups is 1. The summed E-state index contributed by atoms with van der Waals surface area (Å²) in [5.74, 6) is 0.969. The van der Waals surface area contributed by atoms with Crippen LogP contribution in [0.1, 0.15) is 66.7 Å². The highest BCUT2D eigenvalue weighted by Crippen LogP contribution is 2.47. The van der Waals surface area contributed by atoms with Crippen molar-refractivity contribution in [1.29, 1.82) is 0 Å². The molecule has 1 saturated carbocycles. The van der Waals surface area contributed by atoms with Crippen molar-refractivity contribution in [2.45, 2.75) is 96.6 Å². The van der Waals surface area contributed by atoms with E-state index in [0.717, 1.165) is 19.4 Å². The van der Waals surface area contributed by atoms with Gasteiger partial charge in [-0.25, -0.2) is 0 Å². The Kier molecular flexibility index (Phi) is 5.72. The summed E-state index contributed by atoms with van der Waals surface area (Å²) in [6.07, 6.45) is 5.13. The fourth-order valence-electron chi connectivity index (χ4n) is 5.87. The van der Waals surface area contributed by atoms with Crippen molar-refractivity contribution in [3.05, 3.63) is 0 Å². The highest BCUT2D eigenvalue weighted by Gasteiger charge is 2.53. The Labute approximate surface area is 158 Å². The van der Waals surface area contributed by atoms with Crippen LogP contribution in [0.15, 0.2) is 0 Å². The molecule has 8 atom stereocenters. The number of carbonyl (C=O) groups excluding carboxylic acids is 1. The molecule has 2 saturated heterocycles. The maximum absolute atomic E-state index is 11.9. The van der Waals surface area contributed by atoms with E-state index in [2.05, 4.69) is 20.8 Å². The number of aliphatic hydroxyl groups is 1. The zero-order valence-corrected chi connectivity index (χ0v) is 17.0. The van der Waals surface area contributed by atoms with Crippen LogP contribution >= 0.6 is 0 Å². The van der Waals surface area contributed by atoms with Crippen molar-refractivity contribution in [3.63, 3.8) is 0 Å². The molecule has 2 heterocycles. The Morgan fingerprint density at radius 1 is 1.27 bits per heavy atom. The molecule has 0 amide bonds. The second kappa shape index (κ2) is 7.40. The molecular weight excluding hydrogens is 330 g/mol. The monoisotopic (exact) mass is 367 g/mol. The van der Waals surface area contributed by atoms with Gasteiger partial charge in [0.25, 0.3) is 0 Å². The summed E-state index contributed by atoms with van der Waals surface area (Å²) >= 11 is 0. The molecule has 0 bridgehead atoms. The predicted octanol–water partition coefficient (Wildman–Crippen LogP) is 0.399. The lowest BCUT2D eigenvalue weighted by Crippen LogP contribution is -3.22. The molecule has 1 aliphatic carbocycles. The minimum atomic E-state index is -0.909. The summed E-state index contributed by atoms with van der Waals surface area (Å²) in [5.41, 5.74) is -0.813. The number of fused-ring (bicyclic) bond motifs is 3. The van der Waals surface area contributed by atoms with Gasteiger partial charge in [-0.15, -0.1) is 0 Å². The van der Waals surface area contributed by atoms with Crippen LogP contribution in [0.2, 0.25) is 0 Å². The summed E-state index contributed by atoms with van der Waals surface area (Å²) in [4.78, 5) is 13.0. The molecule has 0 aromatic carbocycles. The average molecular weight is 368 g/mol. The summed E-state index contributed by atoms with van der Waals surface area (Å²) in [6, 6.07) is -0.0845. The van der Waals surface area contributed by atoms with Crippen LogP contribution in [-0.4, -0.2) is 47.5 Å². The summed E-state index contributed by atoms with van der Waals surface area (Å²) in [6.45, 7) is 10.9. The van der Waals surface area contributed by atoms with Crippen molar-refractivity contribution < 1.29 is 24.6 Å². The molecular formula is C21H37NO4. The number of aliphatic carboxylic acids is 1. The van der Waals surface area contributed by atoms with E-state index in [0.29, 0.717) is 36.1 Å². The van der Waals surface area contributed by atoms with E-state index >= 15 is 0 Å². The third kappa shape index (κ3) is 3.95. The first-order valence-electron chi connectivity index (χ1n) is 10.5. The Balaban J connectivity index is 1.77. The van der Waals surface area contributed by atoms with Gasteiger partial charge >= 0.3 is 0 Å². The van der Waals surface area contributed by atoms with Crippen LogP contribution in [0.4, 0.5) is 0 Å². The first kappa shape index (κ1) is 20.1. The van der Waals surface area contributed by atoms with Crippen LogP contribution in [0.25, 0.3) is 0 Å². The first-order chi connectivity index (χ1) is 12.1. The smallest absolute Gasteiger partial charge is 0.128 e. The van der Waals surface area contributed by atoms with E-state index in [4.69, 9.17) is 4.74 Å². The Bertz CT molecular complexity index is 515. The number of ether oxygens (including phenoxy) is 1. The highest BCUT2D eigenvalue weighted by atomic mass is 16.5. The van der Waals surface area contributed by atoms with Crippen molar-refractivity contribution in [1.82, 2.24) is 0 Å². The van der Waals surface area contributed by atoms with Gasteiger partial charge in [0, 0.05) is 18.8 Å². The van der Waals surface area contributed by atoms with Crippen molar-refractivity contribution in [2.75, 3.05) is 6.54 Å². The van der Waals surface area contributed by atoms with Gasteiger partial charge in [0.2, 0.25) is 0 Å². The normalized spacial score (nSPS) is 41.6. The molecule has 0 aromatic rings. The quantitative estimate of drug-likeness (QED) is 0.738. The molecule has 3 fully saturated rings. The van der Waals surface area contributed by atoms with Crippen molar-refractivity contribution in [3.8, 4) is 0 Å². The number of likely N-dealkylation sites (tertiary alicyclic amines) is 1. The topological polar surface area (TPSA) is 74.0 Å². The van der Waals surface area contributed by atoms with Gasteiger partial charge in [-0.2, -0.15) is 0 Å². The fraction of sp³-hybridized carbons (Fsp3) is 0.952. The van der Waals surface area contributed by atoms with Crippen LogP contribution in [0.5, 0.6) is 0 Å². The maximum atomic E-state index is 11.9. The van der Waals surface area contributed by atoms with Crippen molar-refractivity contribution >= 4 is 5.97 Å². The van der Waals surface area contributed by atoms with E-state index in [-0.39, 0.29) is 12.2 Å². The highest BCUT2D eigenvalue weighted by molar-refractivity contribution is 5.69. The summed E-state index contributed by atoms with van der Waals surface area (Å²) in [7, 11) is 0. The van der Waals surface area contributed by atoms with E-state index in [1.54, 1.807) is 0 Å². The van der Waals surface area contributed by atoms with Crippen LogP contribution in [0, 0.1) is 23.7 Å². The van der Waals surface area contributed by atoms with Gasteiger partial charge in [0.1, 0.15) is 6.04 Å². The zero-order chi connectivity index (χ0) is 19.2. The number of hydrogen-bond acceptors (Lipinski definition) is 4. The lowest BCUT2D eigenvalue weighted by atomic mass is 9.67. The third-order valence-electron chi connectivity index (χ3n) is 7.23. The lowest BCUT2D eigenvalue weighted by Gasteiger charge is -2.49. The molecule has 5 nitrogen and oxygen atoms in total. The summed E-state index contributed by atoms with van der Waals surface area (Å²) in [5, 5.41) is 22.3. The van der Waals surface area contributed by atoms with Crippen molar-refractivity contribution in [2.24, 2.45) is 23.7 Å². The third-order valence-corrected chi connectivity index (χ3v) is 7.23. The molecule has 3 rings (SSSR count). The van der Waals surface area contributed by atoms with Crippen LogP contribution in [-0.2, 0) is 9.53 Å². The number of nitrogens with one attached hydrogen (secondary N) is 1. The number of quaternary nitrogens is 1. The predicted molar refractivity (Wildman–Crippen MR) is 97.4 cm³/mol. The maximum Gasteiger partial charge on any atom is 0.128 e. The van der Waals surface area contributed by atoms with Gasteiger partial charge < -0.3 is 24.6 Å². The van der Waals surface area contributed by atoms with Gasteiger partial charge in [0.15, 0.2) is 0 Å². The van der Waals surface area contributed by atoms with Gasteiger partial charge in [-0.05, 0) is 57.8 Å². The number of carboxylic acid groups (broad SMARTS) is 1. The van der Waals surface area contributed by atoms with Gasteiger partial charge in [-0.3, -0.25) is 0 Å². The molecule has 8 unspecified atom stereocenters. The number of piperidine rings is 1. The minimum Gasteiger partial charge on any atom is -0.544 e. The average Bonchev–Trinajstić information content (AvgIpc) is 2.96. The fourth-order valence-corrected chi connectivity index (χ4v) is 5.87. The largest absolute Gasteiger partial charge is 0.544 e. The molecule has 26 heavy (non-hydrogen) atoms. The molecule has 0 radical (unpaired) electrons. The molecule has 0 spiro atoms. The molecule has 2 N–H and O–H groups in total. The van der Waals surface area contributed by atoms with Gasteiger partial charge in [-0.1, -0.05) is 13.8 Å². The van der Waals surface area contributed by atoms with E-state index in [1.165, 1.54) is 17.7 Å². The number of rotatable bonds is 5. The standard InChI is InChI=1S/C21H37NO4/c1-12(2)8-17(20(23)24)22-11-16-14(9-13(22)3)6-7-15-10-18(21(4,5)25)26-19(15)16/h12-19,25H,6-11H2,1-5H3,(H,23,24). The Hall–Kier alpha value is -0.650. The van der Waals surface area contributed by atoms with Crippen LogP contribution in [0.3, 0.4) is 0 Å². The lowest BCUT2D eigenvalue weighted by molar-refractivity contribution is -0.952. The second-order valence-electron chi connectivity index (χ2n) is 10.2. The second-order valence-corrected chi connectivity index (χ2v) is 10.2. The summed E-state index contributed by atoms with van der Waals surface area (Å²) < 4.78 is 6.38. The van der Waals surface area contributed by atoms with Crippen LogP contribution < -0.4 is 10.0 Å². The molecule has 0 aromatic heterocycles. The molecule has 150 valence electrons. The SMILES string of the molecule is CC(C)CC(C(=O)[O-])[NH+]1CC2C(CCC3CC(C(C)(C)O)OC32)CC1C.